The highest BCUT2D eigenvalue weighted by Crippen LogP contribution is 2.27. The summed E-state index contributed by atoms with van der Waals surface area (Å²) >= 11 is 0. The van der Waals surface area contributed by atoms with Crippen LogP contribution in [0.1, 0.15) is 40.0 Å². The summed E-state index contributed by atoms with van der Waals surface area (Å²) in [5.74, 6) is 1.48. The normalized spacial score (nSPS) is 28.7. The molecule has 0 radical (unpaired) electrons. The fourth-order valence-corrected chi connectivity index (χ4v) is 2.90. The van der Waals surface area contributed by atoms with E-state index >= 15 is 0 Å². The molecular formula is C14H26N2O2. The van der Waals surface area contributed by atoms with Crippen LogP contribution in [-0.2, 0) is 4.74 Å². The molecular weight excluding hydrogens is 228 g/mol. The van der Waals surface area contributed by atoms with Crippen LogP contribution in [0.15, 0.2) is 0 Å². The number of nitrogens with one attached hydrogen (secondary N) is 1. The lowest BCUT2D eigenvalue weighted by atomic mass is 9.93. The third-order valence-corrected chi connectivity index (χ3v) is 3.77. The second-order valence-electron chi connectivity index (χ2n) is 6.68. The number of hydrogen-bond acceptors (Lipinski definition) is 3. The predicted molar refractivity (Wildman–Crippen MR) is 71.5 cm³/mol. The number of likely N-dealkylation sites (tertiary alicyclic amines) is 1. The highest BCUT2D eigenvalue weighted by atomic mass is 16.6. The Kier molecular flexibility index (Phi) is 4.15. The maximum Gasteiger partial charge on any atom is 0.410 e. The van der Waals surface area contributed by atoms with Gasteiger partial charge in [0.05, 0.1) is 0 Å². The summed E-state index contributed by atoms with van der Waals surface area (Å²) in [6, 6.07) is 0. The molecule has 2 rings (SSSR count). The van der Waals surface area contributed by atoms with Crippen LogP contribution in [0.5, 0.6) is 0 Å². The molecule has 1 N–H and O–H groups in total. The van der Waals surface area contributed by atoms with Crippen molar-refractivity contribution in [2.24, 2.45) is 11.8 Å². The van der Waals surface area contributed by atoms with Crippen molar-refractivity contribution in [2.75, 3.05) is 26.2 Å². The molecule has 0 aromatic carbocycles. The van der Waals surface area contributed by atoms with E-state index in [4.69, 9.17) is 4.74 Å². The number of ether oxygens (including phenoxy) is 1. The van der Waals surface area contributed by atoms with Gasteiger partial charge in [-0.25, -0.2) is 4.79 Å². The molecule has 1 amide bonds. The number of amides is 1. The van der Waals surface area contributed by atoms with Gasteiger partial charge in [-0.15, -0.1) is 0 Å². The van der Waals surface area contributed by atoms with E-state index in [9.17, 15) is 4.79 Å². The van der Waals surface area contributed by atoms with Gasteiger partial charge >= 0.3 is 6.09 Å². The summed E-state index contributed by atoms with van der Waals surface area (Å²) in [6.07, 6.45) is 3.54. The van der Waals surface area contributed by atoms with Gasteiger partial charge in [-0.1, -0.05) is 0 Å². The van der Waals surface area contributed by atoms with E-state index in [0.29, 0.717) is 5.92 Å². The molecule has 4 heteroatoms. The molecule has 104 valence electrons. The number of carbonyl (C=O) groups excluding carboxylic acids is 1. The third-order valence-electron chi connectivity index (χ3n) is 3.77. The SMILES string of the molecule is CC(C)(C)OC(=O)N1CCC(CC2CCNC2)C1. The Labute approximate surface area is 110 Å². The minimum Gasteiger partial charge on any atom is -0.444 e. The molecule has 2 fully saturated rings. The highest BCUT2D eigenvalue weighted by Gasteiger charge is 2.31. The predicted octanol–water partition coefficient (Wildman–Crippen LogP) is 2.24. The Bertz CT molecular complexity index is 293. The molecule has 2 saturated heterocycles. The van der Waals surface area contributed by atoms with Crippen molar-refractivity contribution >= 4 is 6.09 Å². The lowest BCUT2D eigenvalue weighted by Crippen LogP contribution is -2.35. The fraction of sp³-hybridized carbons (Fsp3) is 0.929. The van der Waals surface area contributed by atoms with Crippen molar-refractivity contribution in [1.82, 2.24) is 10.2 Å². The van der Waals surface area contributed by atoms with E-state index in [1.54, 1.807) is 0 Å². The van der Waals surface area contributed by atoms with Gasteiger partial charge < -0.3 is 15.0 Å². The topological polar surface area (TPSA) is 41.6 Å². The molecule has 2 atom stereocenters. The molecule has 0 aromatic rings. The Morgan fingerprint density at radius 2 is 2.11 bits per heavy atom. The van der Waals surface area contributed by atoms with Crippen LogP contribution < -0.4 is 5.32 Å². The van der Waals surface area contributed by atoms with Crippen molar-refractivity contribution in [2.45, 2.75) is 45.6 Å². The zero-order valence-corrected chi connectivity index (χ0v) is 11.9. The van der Waals surface area contributed by atoms with Gasteiger partial charge in [0.2, 0.25) is 0 Å². The average Bonchev–Trinajstić information content (AvgIpc) is 2.86. The van der Waals surface area contributed by atoms with Crippen LogP contribution in [0, 0.1) is 11.8 Å². The van der Waals surface area contributed by atoms with Crippen molar-refractivity contribution < 1.29 is 9.53 Å². The van der Waals surface area contributed by atoms with Gasteiger partial charge in [-0.2, -0.15) is 0 Å². The smallest absolute Gasteiger partial charge is 0.410 e. The first-order valence-corrected chi connectivity index (χ1v) is 7.13. The minimum absolute atomic E-state index is 0.144. The van der Waals surface area contributed by atoms with E-state index in [2.05, 4.69) is 5.32 Å². The van der Waals surface area contributed by atoms with Crippen molar-refractivity contribution in [3.8, 4) is 0 Å². The lowest BCUT2D eigenvalue weighted by molar-refractivity contribution is 0.0286. The fourth-order valence-electron chi connectivity index (χ4n) is 2.90. The molecule has 4 nitrogen and oxygen atoms in total. The Balaban J connectivity index is 1.75. The first-order valence-electron chi connectivity index (χ1n) is 7.13. The van der Waals surface area contributed by atoms with Gasteiger partial charge in [0, 0.05) is 13.1 Å². The molecule has 18 heavy (non-hydrogen) atoms. The summed E-state index contributed by atoms with van der Waals surface area (Å²) in [6.45, 7) is 9.81. The molecule has 2 heterocycles. The van der Waals surface area contributed by atoms with Gasteiger partial charge in [0.1, 0.15) is 5.60 Å². The molecule has 0 spiro atoms. The zero-order chi connectivity index (χ0) is 13.2. The van der Waals surface area contributed by atoms with Crippen LogP contribution in [0.2, 0.25) is 0 Å². The van der Waals surface area contributed by atoms with Gasteiger partial charge in [0.25, 0.3) is 0 Å². The third kappa shape index (κ3) is 3.87. The quantitative estimate of drug-likeness (QED) is 0.821. The molecule has 0 aromatic heterocycles. The first-order chi connectivity index (χ1) is 8.44. The second kappa shape index (κ2) is 5.47. The molecule has 0 saturated carbocycles. The van der Waals surface area contributed by atoms with Gasteiger partial charge in [0.15, 0.2) is 0 Å². The van der Waals surface area contributed by atoms with Crippen LogP contribution in [0.4, 0.5) is 4.79 Å². The number of carbonyl (C=O) groups is 1. The molecule has 2 aliphatic rings. The summed E-state index contributed by atoms with van der Waals surface area (Å²) in [4.78, 5) is 13.8. The molecule has 2 unspecified atom stereocenters. The number of rotatable bonds is 2. The van der Waals surface area contributed by atoms with E-state index in [1.807, 2.05) is 25.7 Å². The van der Waals surface area contributed by atoms with Gasteiger partial charge in [-0.05, 0) is 65.0 Å². The Morgan fingerprint density at radius 3 is 2.72 bits per heavy atom. The van der Waals surface area contributed by atoms with Crippen molar-refractivity contribution in [1.29, 1.82) is 0 Å². The van der Waals surface area contributed by atoms with Crippen LogP contribution in [-0.4, -0.2) is 42.8 Å². The van der Waals surface area contributed by atoms with Crippen LogP contribution >= 0.6 is 0 Å². The van der Waals surface area contributed by atoms with Gasteiger partial charge in [-0.3, -0.25) is 0 Å². The highest BCUT2D eigenvalue weighted by molar-refractivity contribution is 5.68. The van der Waals surface area contributed by atoms with Crippen LogP contribution in [0.25, 0.3) is 0 Å². The van der Waals surface area contributed by atoms with E-state index in [1.165, 1.54) is 12.8 Å². The standard InChI is InChI=1S/C14H26N2O2/c1-14(2,3)18-13(17)16-7-5-12(10-16)8-11-4-6-15-9-11/h11-12,15H,4-10H2,1-3H3. The summed E-state index contributed by atoms with van der Waals surface area (Å²) < 4.78 is 5.41. The van der Waals surface area contributed by atoms with E-state index in [-0.39, 0.29) is 11.7 Å². The summed E-state index contributed by atoms with van der Waals surface area (Å²) in [5.41, 5.74) is -0.384. The van der Waals surface area contributed by atoms with E-state index in [0.717, 1.165) is 38.5 Å². The second-order valence-corrected chi connectivity index (χ2v) is 6.68. The van der Waals surface area contributed by atoms with Crippen LogP contribution in [0.3, 0.4) is 0 Å². The summed E-state index contributed by atoms with van der Waals surface area (Å²) in [7, 11) is 0. The molecule has 0 bridgehead atoms. The van der Waals surface area contributed by atoms with E-state index < -0.39 is 0 Å². The average molecular weight is 254 g/mol. The first kappa shape index (κ1) is 13.7. The lowest BCUT2D eigenvalue weighted by Gasteiger charge is -2.24. The largest absolute Gasteiger partial charge is 0.444 e. The van der Waals surface area contributed by atoms with Crippen molar-refractivity contribution in [3.05, 3.63) is 0 Å². The molecule has 2 aliphatic heterocycles. The zero-order valence-electron chi connectivity index (χ0n) is 11.9. The maximum atomic E-state index is 11.9. The monoisotopic (exact) mass is 254 g/mol. The number of nitrogens with zero attached hydrogens (tertiary/aromatic N) is 1. The Hall–Kier alpha value is -0.770. The Morgan fingerprint density at radius 1 is 1.33 bits per heavy atom. The number of hydrogen-bond donors (Lipinski definition) is 1. The van der Waals surface area contributed by atoms with Crippen molar-refractivity contribution in [3.63, 3.8) is 0 Å². The minimum atomic E-state index is -0.384. The summed E-state index contributed by atoms with van der Waals surface area (Å²) in [5, 5.41) is 3.41. The molecule has 0 aliphatic carbocycles. The maximum absolute atomic E-state index is 11.9.